The minimum atomic E-state index is -3.24. The molecule has 0 aliphatic heterocycles. The highest BCUT2D eigenvalue weighted by atomic mass is 35.5. The fourth-order valence-corrected chi connectivity index (χ4v) is 5.23. The molecule has 1 aliphatic rings. The Morgan fingerprint density at radius 2 is 1.90 bits per heavy atom. The summed E-state index contributed by atoms with van der Waals surface area (Å²) in [5.41, 5.74) is 6.88. The molecular weight excluding hydrogens is 294 g/mol. The normalized spacial score (nSPS) is 26.4. The minimum Gasteiger partial charge on any atom is -0.327 e. The molecule has 2 rings (SSSR count). The fourth-order valence-electron chi connectivity index (χ4n) is 2.85. The van der Waals surface area contributed by atoms with Crippen molar-refractivity contribution in [3.8, 4) is 0 Å². The number of halogens is 1. The third-order valence-corrected chi connectivity index (χ3v) is 6.55. The van der Waals surface area contributed by atoms with Gasteiger partial charge in [0.05, 0.1) is 11.0 Å². The van der Waals surface area contributed by atoms with Crippen LogP contribution in [0.4, 0.5) is 0 Å². The maximum absolute atomic E-state index is 12.6. The smallest absolute Gasteiger partial charge is 0.158 e. The molecule has 0 saturated heterocycles. The molecule has 1 saturated carbocycles. The van der Waals surface area contributed by atoms with Crippen LogP contribution in [-0.4, -0.2) is 19.7 Å². The number of hydrogen-bond donors (Lipinski definition) is 1. The first-order valence-electron chi connectivity index (χ1n) is 6.91. The molecule has 2 unspecified atom stereocenters. The van der Waals surface area contributed by atoms with Crippen LogP contribution in [-0.2, 0) is 15.6 Å². The lowest BCUT2D eigenvalue weighted by molar-refractivity contribution is 0.227. The van der Waals surface area contributed by atoms with Gasteiger partial charge in [0, 0.05) is 11.1 Å². The molecule has 3 nitrogen and oxygen atoms in total. The van der Waals surface area contributed by atoms with Crippen molar-refractivity contribution in [1.29, 1.82) is 0 Å². The number of rotatable bonds is 3. The molecule has 0 spiro atoms. The summed E-state index contributed by atoms with van der Waals surface area (Å²) in [4.78, 5) is 0. The van der Waals surface area contributed by atoms with Crippen molar-refractivity contribution in [2.45, 2.75) is 50.2 Å². The van der Waals surface area contributed by atoms with Crippen LogP contribution >= 0.6 is 11.6 Å². The maximum atomic E-state index is 12.6. The van der Waals surface area contributed by atoms with Crippen LogP contribution in [0, 0.1) is 5.41 Å². The standard InChI is InChI=1S/C15H22ClNO2S/c1-15(2)8-7-13(17)14(9-15)20(18,19)10-11-3-5-12(16)6-4-11/h3-6,13-14H,7-10,17H2,1-2H3. The quantitative estimate of drug-likeness (QED) is 0.932. The molecule has 112 valence electrons. The van der Waals surface area contributed by atoms with E-state index in [1.54, 1.807) is 24.3 Å². The van der Waals surface area contributed by atoms with Crippen LogP contribution in [0.3, 0.4) is 0 Å². The van der Waals surface area contributed by atoms with E-state index in [0.717, 1.165) is 18.4 Å². The molecule has 2 atom stereocenters. The Kier molecular flexibility index (Phi) is 4.47. The van der Waals surface area contributed by atoms with E-state index < -0.39 is 15.1 Å². The van der Waals surface area contributed by atoms with Crippen molar-refractivity contribution in [2.24, 2.45) is 11.1 Å². The fraction of sp³-hybridized carbons (Fsp3) is 0.600. The molecule has 1 aromatic rings. The summed E-state index contributed by atoms with van der Waals surface area (Å²) in [5.74, 6) is 0.0403. The second kappa shape index (κ2) is 5.66. The molecule has 20 heavy (non-hydrogen) atoms. The van der Waals surface area contributed by atoms with Crippen molar-refractivity contribution < 1.29 is 8.42 Å². The zero-order chi connectivity index (χ0) is 15.0. The SMILES string of the molecule is CC1(C)CCC(N)C(S(=O)(=O)Cc2ccc(Cl)cc2)C1. The van der Waals surface area contributed by atoms with Crippen molar-refractivity contribution in [3.63, 3.8) is 0 Å². The summed E-state index contributed by atoms with van der Waals surface area (Å²) in [7, 11) is -3.24. The van der Waals surface area contributed by atoms with Crippen molar-refractivity contribution in [1.82, 2.24) is 0 Å². The monoisotopic (exact) mass is 315 g/mol. The van der Waals surface area contributed by atoms with Gasteiger partial charge in [0.25, 0.3) is 0 Å². The summed E-state index contributed by atoms with van der Waals surface area (Å²) in [6.07, 6.45) is 2.41. The van der Waals surface area contributed by atoms with E-state index in [9.17, 15) is 8.42 Å². The Labute approximate surface area is 126 Å². The van der Waals surface area contributed by atoms with Gasteiger partial charge in [-0.3, -0.25) is 0 Å². The highest BCUT2D eigenvalue weighted by Gasteiger charge is 2.40. The van der Waals surface area contributed by atoms with E-state index in [-0.39, 0.29) is 17.2 Å². The molecule has 1 fully saturated rings. The highest BCUT2D eigenvalue weighted by molar-refractivity contribution is 7.91. The number of benzene rings is 1. The predicted octanol–water partition coefficient (Wildman–Crippen LogP) is 3.16. The zero-order valence-corrected chi connectivity index (χ0v) is 13.5. The molecule has 0 heterocycles. The Bertz CT molecular complexity index is 566. The van der Waals surface area contributed by atoms with E-state index >= 15 is 0 Å². The molecule has 1 aliphatic carbocycles. The van der Waals surface area contributed by atoms with Crippen LogP contribution in [0.1, 0.15) is 38.7 Å². The van der Waals surface area contributed by atoms with Crippen molar-refractivity contribution in [3.05, 3.63) is 34.9 Å². The molecule has 0 aromatic heterocycles. The topological polar surface area (TPSA) is 60.2 Å². The van der Waals surface area contributed by atoms with E-state index in [4.69, 9.17) is 17.3 Å². The van der Waals surface area contributed by atoms with Crippen molar-refractivity contribution >= 4 is 21.4 Å². The van der Waals surface area contributed by atoms with Gasteiger partial charge in [0.15, 0.2) is 9.84 Å². The summed E-state index contributed by atoms with van der Waals surface area (Å²) in [6.45, 7) is 4.23. The number of sulfone groups is 1. The molecule has 1 aromatic carbocycles. The molecule has 0 bridgehead atoms. The van der Waals surface area contributed by atoms with Gasteiger partial charge in [-0.1, -0.05) is 37.6 Å². The van der Waals surface area contributed by atoms with Gasteiger partial charge in [0.1, 0.15) is 0 Å². The lowest BCUT2D eigenvalue weighted by atomic mass is 9.75. The molecule has 5 heteroatoms. The zero-order valence-electron chi connectivity index (χ0n) is 12.0. The molecule has 2 N–H and O–H groups in total. The van der Waals surface area contributed by atoms with Crippen LogP contribution in [0.2, 0.25) is 5.02 Å². The van der Waals surface area contributed by atoms with Gasteiger partial charge >= 0.3 is 0 Å². The Hall–Kier alpha value is -0.580. The summed E-state index contributed by atoms with van der Waals surface area (Å²) < 4.78 is 25.3. The van der Waals surface area contributed by atoms with Crippen LogP contribution in [0.15, 0.2) is 24.3 Å². The minimum absolute atomic E-state index is 0.0403. The van der Waals surface area contributed by atoms with Crippen LogP contribution in [0.25, 0.3) is 0 Å². The second-order valence-electron chi connectivity index (χ2n) is 6.54. The average molecular weight is 316 g/mol. The first-order valence-corrected chi connectivity index (χ1v) is 9.01. The van der Waals surface area contributed by atoms with Crippen molar-refractivity contribution in [2.75, 3.05) is 0 Å². The average Bonchev–Trinajstić information content (AvgIpc) is 2.35. The van der Waals surface area contributed by atoms with E-state index in [1.807, 2.05) is 0 Å². The van der Waals surface area contributed by atoms with E-state index in [1.165, 1.54) is 0 Å². The lowest BCUT2D eigenvalue weighted by Crippen LogP contribution is -2.47. The molecule has 0 radical (unpaired) electrons. The summed E-state index contributed by atoms with van der Waals surface area (Å²) in [5, 5.41) is 0.170. The maximum Gasteiger partial charge on any atom is 0.158 e. The van der Waals surface area contributed by atoms with E-state index in [2.05, 4.69) is 13.8 Å². The van der Waals surface area contributed by atoms with E-state index in [0.29, 0.717) is 11.4 Å². The predicted molar refractivity (Wildman–Crippen MR) is 83.5 cm³/mol. The Morgan fingerprint density at radius 1 is 1.30 bits per heavy atom. The van der Waals surface area contributed by atoms with Crippen LogP contribution < -0.4 is 5.73 Å². The Balaban J connectivity index is 2.18. The third-order valence-electron chi connectivity index (χ3n) is 4.13. The van der Waals surface area contributed by atoms with Gasteiger partial charge in [0.2, 0.25) is 0 Å². The first-order chi connectivity index (χ1) is 9.20. The van der Waals surface area contributed by atoms with Gasteiger partial charge in [-0.15, -0.1) is 0 Å². The summed E-state index contributed by atoms with van der Waals surface area (Å²) >= 11 is 5.82. The highest BCUT2D eigenvalue weighted by Crippen LogP contribution is 2.38. The van der Waals surface area contributed by atoms with Gasteiger partial charge in [-0.2, -0.15) is 0 Å². The summed E-state index contributed by atoms with van der Waals surface area (Å²) in [6, 6.07) is 6.72. The Morgan fingerprint density at radius 3 is 2.50 bits per heavy atom. The van der Waals surface area contributed by atoms with Gasteiger partial charge in [-0.05, 0) is 42.4 Å². The number of nitrogens with two attached hydrogens (primary N) is 1. The van der Waals surface area contributed by atoms with Crippen LogP contribution in [0.5, 0.6) is 0 Å². The first kappa shape index (κ1) is 15.8. The second-order valence-corrected chi connectivity index (χ2v) is 9.20. The number of hydrogen-bond acceptors (Lipinski definition) is 3. The molecular formula is C15H22ClNO2S. The van der Waals surface area contributed by atoms with Gasteiger partial charge < -0.3 is 5.73 Å². The largest absolute Gasteiger partial charge is 0.327 e. The molecule has 0 amide bonds. The van der Waals surface area contributed by atoms with Gasteiger partial charge in [-0.25, -0.2) is 8.42 Å². The lowest BCUT2D eigenvalue weighted by Gasteiger charge is -2.38. The third kappa shape index (κ3) is 3.74.